The Morgan fingerprint density at radius 2 is 1.96 bits per heavy atom. The van der Waals surface area contributed by atoms with Crippen LogP contribution in [0.2, 0.25) is 0 Å². The van der Waals surface area contributed by atoms with E-state index in [4.69, 9.17) is 9.47 Å². The fourth-order valence-corrected chi connectivity index (χ4v) is 3.20. The molecular formula is C19H22N6O3. The first kappa shape index (κ1) is 18.0. The van der Waals surface area contributed by atoms with Crippen LogP contribution >= 0.6 is 0 Å². The van der Waals surface area contributed by atoms with Crippen LogP contribution in [0.5, 0.6) is 11.6 Å². The lowest BCUT2D eigenvalue weighted by Gasteiger charge is -2.38. The maximum atomic E-state index is 12.6. The van der Waals surface area contributed by atoms with Crippen LogP contribution in [0.15, 0.2) is 36.7 Å². The Morgan fingerprint density at radius 1 is 1.21 bits per heavy atom. The second-order valence-corrected chi connectivity index (χ2v) is 6.63. The molecule has 28 heavy (non-hydrogen) atoms. The number of carbonyl (C=O) groups excluding carboxylic acids is 1. The third-order valence-electron chi connectivity index (χ3n) is 4.71. The van der Waals surface area contributed by atoms with E-state index in [1.165, 1.54) is 7.11 Å². The fourth-order valence-electron chi connectivity index (χ4n) is 3.20. The number of carbonyl (C=O) groups is 1. The predicted octanol–water partition coefficient (Wildman–Crippen LogP) is 1.78. The van der Waals surface area contributed by atoms with E-state index >= 15 is 0 Å². The average molecular weight is 382 g/mol. The molecule has 3 aromatic rings. The predicted molar refractivity (Wildman–Crippen MR) is 101 cm³/mol. The van der Waals surface area contributed by atoms with Gasteiger partial charge in [0.1, 0.15) is 17.0 Å². The second kappa shape index (κ2) is 7.34. The number of hydrogen-bond acceptors (Lipinski definition) is 6. The summed E-state index contributed by atoms with van der Waals surface area (Å²) in [6.45, 7) is 3.74. The van der Waals surface area contributed by atoms with E-state index < -0.39 is 0 Å². The van der Waals surface area contributed by atoms with Crippen LogP contribution in [0.4, 0.5) is 0 Å². The summed E-state index contributed by atoms with van der Waals surface area (Å²) in [6, 6.07) is 7.87. The van der Waals surface area contributed by atoms with Crippen molar-refractivity contribution in [2.24, 2.45) is 7.05 Å². The molecule has 0 atom stereocenters. The van der Waals surface area contributed by atoms with E-state index in [9.17, 15) is 4.79 Å². The van der Waals surface area contributed by atoms with Gasteiger partial charge in [-0.05, 0) is 31.2 Å². The minimum Gasteiger partial charge on any atom is -0.494 e. The topological polar surface area (TPSA) is 87.3 Å². The van der Waals surface area contributed by atoms with Gasteiger partial charge >= 0.3 is 0 Å². The summed E-state index contributed by atoms with van der Waals surface area (Å²) in [7, 11) is 3.27. The molecule has 0 aliphatic carbocycles. The van der Waals surface area contributed by atoms with Gasteiger partial charge in [0.05, 0.1) is 26.0 Å². The first-order chi connectivity index (χ1) is 13.6. The Hall–Kier alpha value is -3.36. The highest BCUT2D eigenvalue weighted by Crippen LogP contribution is 2.27. The monoisotopic (exact) mass is 382 g/mol. The van der Waals surface area contributed by atoms with Crippen molar-refractivity contribution in [3.8, 4) is 22.9 Å². The van der Waals surface area contributed by atoms with Crippen molar-refractivity contribution in [1.29, 1.82) is 0 Å². The summed E-state index contributed by atoms with van der Waals surface area (Å²) < 4.78 is 14.0. The number of benzene rings is 1. The number of likely N-dealkylation sites (tertiary alicyclic amines) is 1. The van der Waals surface area contributed by atoms with Gasteiger partial charge in [0.15, 0.2) is 0 Å². The maximum Gasteiger partial charge on any atom is 0.261 e. The number of aromatic nitrogens is 5. The standard InChI is InChI=1S/C19H22N6O3/c1-4-28-15-7-5-13(6-8-15)17-12-25(22-20-17)14-9-24(10-14)19(26)16-11-23(2)21-18(16)27-3/h5-8,11-12,14H,4,9-10H2,1-3H3. The lowest BCUT2D eigenvalue weighted by Crippen LogP contribution is -2.50. The molecule has 0 radical (unpaired) electrons. The maximum absolute atomic E-state index is 12.6. The Morgan fingerprint density at radius 3 is 2.64 bits per heavy atom. The van der Waals surface area contributed by atoms with Crippen LogP contribution in [0.3, 0.4) is 0 Å². The van der Waals surface area contributed by atoms with Crippen molar-refractivity contribution in [1.82, 2.24) is 29.7 Å². The highest BCUT2D eigenvalue weighted by molar-refractivity contribution is 5.96. The number of aryl methyl sites for hydroxylation is 1. The van der Waals surface area contributed by atoms with E-state index in [1.54, 1.807) is 22.8 Å². The normalized spacial score (nSPS) is 14.0. The molecule has 3 heterocycles. The van der Waals surface area contributed by atoms with Gasteiger partial charge in [-0.1, -0.05) is 5.21 Å². The largest absolute Gasteiger partial charge is 0.494 e. The molecule has 9 nitrogen and oxygen atoms in total. The highest BCUT2D eigenvalue weighted by Gasteiger charge is 2.35. The molecule has 0 spiro atoms. The minimum absolute atomic E-state index is 0.0898. The van der Waals surface area contributed by atoms with Crippen LogP contribution < -0.4 is 9.47 Å². The minimum atomic E-state index is -0.0898. The Labute approximate surface area is 162 Å². The molecule has 1 aliphatic heterocycles. The molecule has 9 heteroatoms. The Bertz CT molecular complexity index is 972. The lowest BCUT2D eigenvalue weighted by atomic mass is 10.1. The summed E-state index contributed by atoms with van der Waals surface area (Å²) in [4.78, 5) is 14.4. The first-order valence-electron chi connectivity index (χ1n) is 9.11. The van der Waals surface area contributed by atoms with Gasteiger partial charge in [-0.2, -0.15) is 0 Å². The third-order valence-corrected chi connectivity index (χ3v) is 4.71. The molecule has 2 aromatic heterocycles. The summed E-state index contributed by atoms with van der Waals surface area (Å²) >= 11 is 0. The molecule has 1 amide bonds. The van der Waals surface area contributed by atoms with Gasteiger partial charge in [0.25, 0.3) is 5.91 Å². The van der Waals surface area contributed by atoms with Crippen molar-refractivity contribution < 1.29 is 14.3 Å². The van der Waals surface area contributed by atoms with Crippen LogP contribution in [0.25, 0.3) is 11.3 Å². The molecule has 1 aromatic carbocycles. The number of nitrogens with zero attached hydrogens (tertiary/aromatic N) is 6. The molecule has 0 saturated carbocycles. The zero-order chi connectivity index (χ0) is 19.7. The quantitative estimate of drug-likeness (QED) is 0.646. The van der Waals surface area contributed by atoms with Gasteiger partial charge in [0, 0.05) is 31.9 Å². The third kappa shape index (κ3) is 3.30. The van der Waals surface area contributed by atoms with Crippen molar-refractivity contribution in [2.45, 2.75) is 13.0 Å². The van der Waals surface area contributed by atoms with E-state index in [0.717, 1.165) is 17.0 Å². The first-order valence-corrected chi connectivity index (χ1v) is 9.11. The zero-order valence-electron chi connectivity index (χ0n) is 16.1. The molecule has 1 aliphatic rings. The fraction of sp³-hybridized carbons (Fsp3) is 0.368. The summed E-state index contributed by atoms with van der Waals surface area (Å²) in [5.74, 6) is 1.08. The van der Waals surface area contributed by atoms with Crippen LogP contribution in [0.1, 0.15) is 23.3 Å². The number of rotatable bonds is 6. The summed E-state index contributed by atoms with van der Waals surface area (Å²) in [6.07, 6.45) is 3.58. The van der Waals surface area contributed by atoms with Gasteiger partial charge in [-0.15, -0.1) is 10.2 Å². The molecule has 146 valence electrons. The molecule has 0 N–H and O–H groups in total. The number of methoxy groups -OCH3 is 1. The molecule has 4 rings (SSSR count). The van der Waals surface area contributed by atoms with Gasteiger partial charge in [-0.25, -0.2) is 4.68 Å². The van der Waals surface area contributed by atoms with Crippen molar-refractivity contribution in [3.63, 3.8) is 0 Å². The second-order valence-electron chi connectivity index (χ2n) is 6.63. The Balaban J connectivity index is 1.40. The van der Waals surface area contributed by atoms with E-state index in [0.29, 0.717) is 31.1 Å². The van der Waals surface area contributed by atoms with Crippen LogP contribution in [-0.4, -0.2) is 62.4 Å². The van der Waals surface area contributed by atoms with Crippen LogP contribution in [-0.2, 0) is 7.05 Å². The van der Waals surface area contributed by atoms with Crippen LogP contribution in [0, 0.1) is 0 Å². The van der Waals surface area contributed by atoms with Crippen molar-refractivity contribution in [3.05, 3.63) is 42.2 Å². The SMILES string of the molecule is CCOc1ccc(-c2cn(C3CN(C(=O)c4cn(C)nc4OC)C3)nn2)cc1. The number of amides is 1. The summed E-state index contributed by atoms with van der Waals surface area (Å²) in [5.41, 5.74) is 2.24. The molecular weight excluding hydrogens is 360 g/mol. The molecule has 0 unspecified atom stereocenters. The summed E-state index contributed by atoms with van der Waals surface area (Å²) in [5, 5.41) is 12.6. The smallest absolute Gasteiger partial charge is 0.261 e. The zero-order valence-corrected chi connectivity index (χ0v) is 16.1. The molecule has 1 saturated heterocycles. The Kier molecular flexibility index (Phi) is 4.72. The van der Waals surface area contributed by atoms with Gasteiger partial charge < -0.3 is 14.4 Å². The van der Waals surface area contributed by atoms with Crippen molar-refractivity contribution >= 4 is 5.91 Å². The van der Waals surface area contributed by atoms with E-state index in [2.05, 4.69) is 15.4 Å². The highest BCUT2D eigenvalue weighted by atomic mass is 16.5. The average Bonchev–Trinajstić information content (AvgIpc) is 3.28. The van der Waals surface area contributed by atoms with E-state index in [1.807, 2.05) is 42.1 Å². The van der Waals surface area contributed by atoms with Gasteiger partial charge in [-0.3, -0.25) is 9.48 Å². The lowest BCUT2D eigenvalue weighted by molar-refractivity contribution is 0.0495. The van der Waals surface area contributed by atoms with E-state index in [-0.39, 0.29) is 11.9 Å². The van der Waals surface area contributed by atoms with Gasteiger partial charge in [0.2, 0.25) is 5.88 Å². The molecule has 0 bridgehead atoms. The number of ether oxygens (including phenoxy) is 2. The van der Waals surface area contributed by atoms with Crippen molar-refractivity contribution in [2.75, 3.05) is 26.8 Å². The number of hydrogen-bond donors (Lipinski definition) is 0. The molecule has 1 fully saturated rings.